The third-order valence-electron chi connectivity index (χ3n) is 4.31. The standard InChI is InChI=1S/C19H24N2/c1-3-20-15(2)17-11-5-7-13-19(17)21-14-8-10-16-9-4-6-12-18(16)21/h4-7,9,11-13,15,20H,3,8,10,14H2,1-2H3. The molecule has 3 rings (SSSR count). The van der Waals surface area contributed by atoms with Crippen molar-refractivity contribution in [1.29, 1.82) is 0 Å². The summed E-state index contributed by atoms with van der Waals surface area (Å²) in [5.41, 5.74) is 5.57. The van der Waals surface area contributed by atoms with Crippen molar-refractivity contribution in [2.45, 2.75) is 32.7 Å². The number of anilines is 2. The number of benzene rings is 2. The van der Waals surface area contributed by atoms with Gasteiger partial charge in [-0.05, 0) is 49.6 Å². The number of hydrogen-bond acceptors (Lipinski definition) is 2. The monoisotopic (exact) mass is 280 g/mol. The van der Waals surface area contributed by atoms with E-state index in [1.807, 2.05) is 0 Å². The average molecular weight is 280 g/mol. The summed E-state index contributed by atoms with van der Waals surface area (Å²) >= 11 is 0. The fourth-order valence-corrected chi connectivity index (χ4v) is 3.30. The second-order valence-corrected chi connectivity index (χ2v) is 5.72. The van der Waals surface area contributed by atoms with E-state index in [4.69, 9.17) is 0 Å². The van der Waals surface area contributed by atoms with Gasteiger partial charge in [-0.25, -0.2) is 0 Å². The van der Waals surface area contributed by atoms with Gasteiger partial charge < -0.3 is 10.2 Å². The second-order valence-electron chi connectivity index (χ2n) is 5.72. The van der Waals surface area contributed by atoms with Crippen LogP contribution >= 0.6 is 0 Å². The first-order chi connectivity index (χ1) is 10.3. The summed E-state index contributed by atoms with van der Waals surface area (Å²) in [5, 5.41) is 3.54. The van der Waals surface area contributed by atoms with Crippen molar-refractivity contribution in [3.8, 4) is 0 Å². The number of nitrogens with zero attached hydrogens (tertiary/aromatic N) is 1. The Labute approximate surface area is 127 Å². The van der Waals surface area contributed by atoms with E-state index < -0.39 is 0 Å². The largest absolute Gasteiger partial charge is 0.341 e. The van der Waals surface area contributed by atoms with Crippen LogP contribution < -0.4 is 10.2 Å². The normalized spacial score (nSPS) is 15.6. The number of fused-ring (bicyclic) bond motifs is 1. The SMILES string of the molecule is CCNC(C)c1ccccc1N1CCCc2ccccc21. The highest BCUT2D eigenvalue weighted by molar-refractivity contribution is 5.70. The van der Waals surface area contributed by atoms with Gasteiger partial charge in [-0.2, -0.15) is 0 Å². The Bertz CT molecular complexity index is 606. The molecule has 0 saturated heterocycles. The summed E-state index contributed by atoms with van der Waals surface area (Å²) in [5.74, 6) is 0. The molecule has 1 unspecified atom stereocenters. The molecule has 0 bridgehead atoms. The van der Waals surface area contributed by atoms with Crippen LogP contribution in [-0.2, 0) is 6.42 Å². The third-order valence-corrected chi connectivity index (χ3v) is 4.31. The van der Waals surface area contributed by atoms with Crippen LogP contribution in [0.5, 0.6) is 0 Å². The van der Waals surface area contributed by atoms with Crippen LogP contribution in [-0.4, -0.2) is 13.1 Å². The molecule has 1 N–H and O–H groups in total. The lowest BCUT2D eigenvalue weighted by Gasteiger charge is -2.34. The summed E-state index contributed by atoms with van der Waals surface area (Å²) in [6.07, 6.45) is 2.42. The molecule has 2 aromatic carbocycles. The van der Waals surface area contributed by atoms with Crippen LogP contribution in [0.1, 0.15) is 37.4 Å². The summed E-state index contributed by atoms with van der Waals surface area (Å²) in [6.45, 7) is 6.51. The molecule has 1 atom stereocenters. The Kier molecular flexibility index (Phi) is 4.26. The van der Waals surface area contributed by atoms with Crippen molar-refractivity contribution in [3.05, 3.63) is 59.7 Å². The fourth-order valence-electron chi connectivity index (χ4n) is 3.30. The van der Waals surface area contributed by atoms with Crippen LogP contribution in [0.4, 0.5) is 11.4 Å². The molecule has 1 aliphatic heterocycles. The maximum Gasteiger partial charge on any atom is 0.0459 e. The van der Waals surface area contributed by atoms with E-state index >= 15 is 0 Å². The average Bonchev–Trinajstić information content (AvgIpc) is 2.54. The zero-order chi connectivity index (χ0) is 14.7. The first-order valence-electron chi connectivity index (χ1n) is 7.99. The van der Waals surface area contributed by atoms with Crippen LogP contribution in [0.3, 0.4) is 0 Å². The molecule has 2 nitrogen and oxygen atoms in total. The summed E-state index contributed by atoms with van der Waals surface area (Å²) in [7, 11) is 0. The Morgan fingerprint density at radius 3 is 2.57 bits per heavy atom. The van der Waals surface area contributed by atoms with Crippen molar-refractivity contribution in [1.82, 2.24) is 5.32 Å². The van der Waals surface area contributed by atoms with Crippen molar-refractivity contribution >= 4 is 11.4 Å². The van der Waals surface area contributed by atoms with Gasteiger partial charge in [-0.15, -0.1) is 0 Å². The zero-order valence-electron chi connectivity index (χ0n) is 13.0. The van der Waals surface area contributed by atoms with Gasteiger partial charge in [-0.3, -0.25) is 0 Å². The molecule has 0 amide bonds. The Morgan fingerprint density at radius 1 is 1.05 bits per heavy atom. The maximum absolute atomic E-state index is 3.54. The first-order valence-corrected chi connectivity index (χ1v) is 7.99. The van der Waals surface area contributed by atoms with Crippen LogP contribution in [0.2, 0.25) is 0 Å². The lowest BCUT2D eigenvalue weighted by Crippen LogP contribution is -2.27. The summed E-state index contributed by atoms with van der Waals surface area (Å²) < 4.78 is 0. The van der Waals surface area contributed by atoms with E-state index in [0.717, 1.165) is 13.1 Å². The molecule has 1 aliphatic rings. The van der Waals surface area contributed by atoms with Gasteiger partial charge in [0.05, 0.1) is 0 Å². The second kappa shape index (κ2) is 6.31. The molecular weight excluding hydrogens is 256 g/mol. The molecule has 2 heteroatoms. The molecule has 0 radical (unpaired) electrons. The molecule has 2 aromatic rings. The highest BCUT2D eigenvalue weighted by Crippen LogP contribution is 2.36. The molecule has 0 aromatic heterocycles. The van der Waals surface area contributed by atoms with Crippen molar-refractivity contribution < 1.29 is 0 Å². The smallest absolute Gasteiger partial charge is 0.0459 e. The topological polar surface area (TPSA) is 15.3 Å². The minimum absolute atomic E-state index is 0.375. The Balaban J connectivity index is 2.02. The molecule has 21 heavy (non-hydrogen) atoms. The number of para-hydroxylation sites is 2. The van der Waals surface area contributed by atoms with Gasteiger partial charge in [0.2, 0.25) is 0 Å². The van der Waals surface area contributed by atoms with Crippen LogP contribution in [0.15, 0.2) is 48.5 Å². The fraction of sp³-hybridized carbons (Fsp3) is 0.368. The molecular formula is C19H24N2. The first kappa shape index (κ1) is 14.2. The van der Waals surface area contributed by atoms with Crippen molar-refractivity contribution in [2.24, 2.45) is 0 Å². The Hall–Kier alpha value is -1.80. The zero-order valence-corrected chi connectivity index (χ0v) is 13.0. The molecule has 110 valence electrons. The van der Waals surface area contributed by atoms with E-state index in [2.05, 4.69) is 72.6 Å². The van der Waals surface area contributed by atoms with Gasteiger partial charge in [0.15, 0.2) is 0 Å². The maximum atomic E-state index is 3.54. The highest BCUT2D eigenvalue weighted by Gasteiger charge is 2.21. The quantitative estimate of drug-likeness (QED) is 0.890. The molecule has 0 saturated carbocycles. The van der Waals surface area contributed by atoms with E-state index in [1.54, 1.807) is 0 Å². The van der Waals surface area contributed by atoms with Gasteiger partial charge >= 0.3 is 0 Å². The number of aryl methyl sites for hydroxylation is 1. The summed E-state index contributed by atoms with van der Waals surface area (Å²) in [6, 6.07) is 18.0. The van der Waals surface area contributed by atoms with E-state index in [1.165, 1.54) is 35.3 Å². The highest BCUT2D eigenvalue weighted by atomic mass is 15.1. The Morgan fingerprint density at radius 2 is 1.76 bits per heavy atom. The van der Waals surface area contributed by atoms with Crippen LogP contribution in [0, 0.1) is 0 Å². The van der Waals surface area contributed by atoms with Crippen molar-refractivity contribution in [2.75, 3.05) is 18.0 Å². The summed E-state index contributed by atoms with van der Waals surface area (Å²) in [4.78, 5) is 2.49. The minimum Gasteiger partial charge on any atom is -0.341 e. The lowest BCUT2D eigenvalue weighted by molar-refractivity contribution is 0.596. The lowest BCUT2D eigenvalue weighted by atomic mass is 9.98. The third kappa shape index (κ3) is 2.81. The van der Waals surface area contributed by atoms with Gasteiger partial charge in [0.25, 0.3) is 0 Å². The predicted molar refractivity (Wildman–Crippen MR) is 90.3 cm³/mol. The number of rotatable bonds is 4. The van der Waals surface area contributed by atoms with E-state index in [-0.39, 0.29) is 0 Å². The van der Waals surface area contributed by atoms with Crippen molar-refractivity contribution in [3.63, 3.8) is 0 Å². The number of nitrogens with one attached hydrogen (secondary N) is 1. The molecule has 1 heterocycles. The van der Waals surface area contributed by atoms with Crippen LogP contribution in [0.25, 0.3) is 0 Å². The van der Waals surface area contributed by atoms with Gasteiger partial charge in [0, 0.05) is 24.0 Å². The van der Waals surface area contributed by atoms with E-state index in [9.17, 15) is 0 Å². The molecule has 0 aliphatic carbocycles. The number of hydrogen-bond donors (Lipinski definition) is 1. The van der Waals surface area contributed by atoms with Gasteiger partial charge in [-0.1, -0.05) is 43.3 Å². The van der Waals surface area contributed by atoms with Gasteiger partial charge in [0.1, 0.15) is 0 Å². The predicted octanol–water partition coefficient (Wildman–Crippen LogP) is 4.44. The molecule has 0 spiro atoms. The van der Waals surface area contributed by atoms with E-state index in [0.29, 0.717) is 6.04 Å². The molecule has 0 fully saturated rings. The minimum atomic E-state index is 0.375.